The zero-order valence-electron chi connectivity index (χ0n) is 12.9. The first-order valence-corrected chi connectivity index (χ1v) is 7.99. The molecule has 4 nitrogen and oxygen atoms in total. The molecule has 4 rings (SSSR count). The van der Waals surface area contributed by atoms with E-state index in [9.17, 15) is 14.0 Å². The molecule has 0 spiro atoms. The molecule has 2 aromatic carbocycles. The Morgan fingerprint density at radius 1 is 0.958 bits per heavy atom. The van der Waals surface area contributed by atoms with Gasteiger partial charge in [-0.05, 0) is 42.7 Å². The fourth-order valence-electron chi connectivity index (χ4n) is 3.46. The van der Waals surface area contributed by atoms with Crippen LogP contribution >= 0.6 is 0 Å². The minimum atomic E-state index is -0.300. The standard InChI is InChI=1S/C19H16FNO3/c20-13-7-5-12(6-8-13)17-11-14(9-10-24-17)21-18(22)15-3-1-2-4-16(15)19(21)23/h1-8,14,17H,9-11H2/t14-,17-/m0/s1. The lowest BCUT2D eigenvalue weighted by molar-refractivity contribution is -0.0192. The molecule has 5 heteroatoms. The number of ether oxygens (including phenoxy) is 1. The zero-order valence-corrected chi connectivity index (χ0v) is 12.9. The number of carbonyl (C=O) groups is 2. The molecule has 1 saturated heterocycles. The van der Waals surface area contributed by atoms with Gasteiger partial charge in [0.15, 0.2) is 0 Å². The van der Waals surface area contributed by atoms with Crippen molar-refractivity contribution in [1.82, 2.24) is 4.90 Å². The SMILES string of the molecule is O=C1c2ccccc2C(=O)N1[C@H]1CCO[C@H](c2ccc(F)cc2)C1. The summed E-state index contributed by atoms with van der Waals surface area (Å²) in [6, 6.07) is 12.8. The van der Waals surface area contributed by atoms with Crippen LogP contribution in [0.2, 0.25) is 0 Å². The molecule has 1 fully saturated rings. The highest BCUT2D eigenvalue weighted by Crippen LogP contribution is 2.34. The molecule has 0 unspecified atom stereocenters. The van der Waals surface area contributed by atoms with Crippen molar-refractivity contribution in [3.8, 4) is 0 Å². The highest BCUT2D eigenvalue weighted by molar-refractivity contribution is 6.21. The second-order valence-corrected chi connectivity index (χ2v) is 6.12. The molecule has 0 bridgehead atoms. The molecule has 24 heavy (non-hydrogen) atoms. The van der Waals surface area contributed by atoms with E-state index in [0.29, 0.717) is 30.6 Å². The van der Waals surface area contributed by atoms with Gasteiger partial charge in [-0.2, -0.15) is 0 Å². The lowest BCUT2D eigenvalue weighted by Crippen LogP contribution is -2.43. The van der Waals surface area contributed by atoms with E-state index < -0.39 is 0 Å². The minimum Gasteiger partial charge on any atom is -0.373 e. The van der Waals surface area contributed by atoms with Crippen LogP contribution in [0, 0.1) is 5.82 Å². The summed E-state index contributed by atoms with van der Waals surface area (Å²) in [5, 5.41) is 0. The number of benzene rings is 2. The van der Waals surface area contributed by atoms with Crippen molar-refractivity contribution in [2.24, 2.45) is 0 Å². The molecule has 0 aromatic heterocycles. The summed E-state index contributed by atoms with van der Waals surface area (Å²) in [4.78, 5) is 26.6. The number of imide groups is 1. The molecule has 0 aliphatic carbocycles. The van der Waals surface area contributed by atoms with Crippen LogP contribution in [0.5, 0.6) is 0 Å². The van der Waals surface area contributed by atoms with Gasteiger partial charge in [0.25, 0.3) is 11.8 Å². The fourth-order valence-corrected chi connectivity index (χ4v) is 3.46. The van der Waals surface area contributed by atoms with Crippen molar-refractivity contribution in [3.05, 3.63) is 71.0 Å². The monoisotopic (exact) mass is 325 g/mol. The number of amides is 2. The van der Waals surface area contributed by atoms with Crippen molar-refractivity contribution >= 4 is 11.8 Å². The first kappa shape index (κ1) is 15.0. The molecular weight excluding hydrogens is 309 g/mol. The van der Waals surface area contributed by atoms with Crippen LogP contribution in [0.4, 0.5) is 4.39 Å². The highest BCUT2D eigenvalue weighted by atomic mass is 19.1. The quantitative estimate of drug-likeness (QED) is 0.796. The molecule has 122 valence electrons. The number of nitrogens with zero attached hydrogens (tertiary/aromatic N) is 1. The summed E-state index contributed by atoms with van der Waals surface area (Å²) in [7, 11) is 0. The first-order valence-electron chi connectivity index (χ1n) is 7.99. The lowest BCUT2D eigenvalue weighted by atomic mass is 9.96. The number of hydrogen-bond donors (Lipinski definition) is 0. The predicted molar refractivity (Wildman–Crippen MR) is 85.1 cm³/mol. The normalized spacial score (nSPS) is 23.5. The van der Waals surface area contributed by atoms with Crippen LogP contribution in [-0.2, 0) is 4.74 Å². The Labute approximate surface area is 138 Å². The van der Waals surface area contributed by atoms with E-state index in [4.69, 9.17) is 4.74 Å². The average Bonchev–Trinajstić information content (AvgIpc) is 2.87. The largest absolute Gasteiger partial charge is 0.373 e. The van der Waals surface area contributed by atoms with Gasteiger partial charge in [0.1, 0.15) is 5.82 Å². The number of rotatable bonds is 2. The molecular formula is C19H16FNO3. The zero-order chi connectivity index (χ0) is 16.7. The van der Waals surface area contributed by atoms with Gasteiger partial charge in [-0.25, -0.2) is 4.39 Å². The Bertz CT molecular complexity index is 768. The second-order valence-electron chi connectivity index (χ2n) is 6.12. The van der Waals surface area contributed by atoms with Crippen LogP contribution < -0.4 is 0 Å². The van der Waals surface area contributed by atoms with Gasteiger partial charge in [0.2, 0.25) is 0 Å². The molecule has 2 aliphatic heterocycles. The molecule has 2 aromatic rings. The molecule has 0 saturated carbocycles. The van der Waals surface area contributed by atoms with Crippen molar-refractivity contribution in [2.75, 3.05) is 6.61 Å². The summed E-state index contributed by atoms with van der Waals surface area (Å²) in [5.74, 6) is -0.771. The molecule has 0 N–H and O–H groups in total. The molecule has 2 atom stereocenters. The minimum absolute atomic E-state index is 0.207. The maximum Gasteiger partial charge on any atom is 0.261 e. The van der Waals surface area contributed by atoms with E-state index in [-0.39, 0.29) is 29.8 Å². The van der Waals surface area contributed by atoms with E-state index >= 15 is 0 Å². The van der Waals surface area contributed by atoms with Gasteiger partial charge in [0.05, 0.1) is 17.2 Å². The van der Waals surface area contributed by atoms with Gasteiger partial charge in [-0.15, -0.1) is 0 Å². The van der Waals surface area contributed by atoms with E-state index in [1.807, 2.05) is 0 Å². The van der Waals surface area contributed by atoms with Gasteiger partial charge in [0, 0.05) is 12.6 Å². The number of carbonyl (C=O) groups excluding carboxylic acids is 2. The van der Waals surface area contributed by atoms with Gasteiger partial charge in [-0.1, -0.05) is 24.3 Å². The van der Waals surface area contributed by atoms with Gasteiger partial charge in [-0.3, -0.25) is 14.5 Å². The van der Waals surface area contributed by atoms with Crippen LogP contribution in [0.15, 0.2) is 48.5 Å². The summed E-state index contributed by atoms with van der Waals surface area (Å²) in [6.45, 7) is 0.458. The average molecular weight is 325 g/mol. The Hall–Kier alpha value is -2.53. The number of hydrogen-bond acceptors (Lipinski definition) is 3. The fraction of sp³-hybridized carbons (Fsp3) is 0.263. The molecule has 2 amide bonds. The van der Waals surface area contributed by atoms with Crippen LogP contribution in [0.1, 0.15) is 45.2 Å². The van der Waals surface area contributed by atoms with Gasteiger partial charge < -0.3 is 4.74 Å². The maximum absolute atomic E-state index is 13.1. The Morgan fingerprint density at radius 3 is 2.21 bits per heavy atom. The predicted octanol–water partition coefficient (Wildman–Crippen LogP) is 3.34. The van der Waals surface area contributed by atoms with Crippen molar-refractivity contribution in [2.45, 2.75) is 25.0 Å². The third-order valence-electron chi connectivity index (χ3n) is 4.69. The lowest BCUT2D eigenvalue weighted by Gasteiger charge is -2.34. The number of halogens is 1. The Kier molecular flexibility index (Phi) is 3.65. The molecule has 2 aliphatic rings. The summed E-state index contributed by atoms with van der Waals surface area (Å²) in [5.41, 5.74) is 1.79. The molecule has 2 heterocycles. The van der Waals surface area contributed by atoms with Crippen molar-refractivity contribution in [3.63, 3.8) is 0 Å². The Morgan fingerprint density at radius 2 is 1.58 bits per heavy atom. The third-order valence-corrected chi connectivity index (χ3v) is 4.69. The van der Waals surface area contributed by atoms with E-state index in [0.717, 1.165) is 5.56 Å². The van der Waals surface area contributed by atoms with Crippen LogP contribution in [0.25, 0.3) is 0 Å². The van der Waals surface area contributed by atoms with E-state index in [1.165, 1.54) is 17.0 Å². The topological polar surface area (TPSA) is 46.6 Å². The second kappa shape index (κ2) is 5.83. The van der Waals surface area contributed by atoms with Crippen LogP contribution in [0.3, 0.4) is 0 Å². The summed E-state index contributed by atoms with van der Waals surface area (Å²) < 4.78 is 18.9. The Balaban J connectivity index is 1.58. The van der Waals surface area contributed by atoms with Crippen molar-refractivity contribution in [1.29, 1.82) is 0 Å². The van der Waals surface area contributed by atoms with Crippen LogP contribution in [-0.4, -0.2) is 29.4 Å². The van der Waals surface area contributed by atoms with E-state index in [2.05, 4.69) is 0 Å². The first-order chi connectivity index (χ1) is 11.6. The maximum atomic E-state index is 13.1. The molecule has 0 radical (unpaired) electrons. The van der Waals surface area contributed by atoms with E-state index in [1.54, 1.807) is 36.4 Å². The summed E-state index contributed by atoms with van der Waals surface area (Å²) in [6.07, 6.45) is 0.897. The number of fused-ring (bicyclic) bond motifs is 1. The van der Waals surface area contributed by atoms with Crippen molar-refractivity contribution < 1.29 is 18.7 Å². The summed E-state index contributed by atoms with van der Waals surface area (Å²) >= 11 is 0. The smallest absolute Gasteiger partial charge is 0.261 e. The highest BCUT2D eigenvalue weighted by Gasteiger charge is 2.41. The third kappa shape index (κ3) is 2.41. The van der Waals surface area contributed by atoms with Gasteiger partial charge >= 0.3 is 0 Å².